The fourth-order valence-electron chi connectivity index (χ4n) is 4.17. The van der Waals surface area contributed by atoms with Crippen LogP contribution in [0.15, 0.2) is 29.3 Å². The molecule has 5 nitrogen and oxygen atoms in total. The first-order chi connectivity index (χ1) is 14.0. The molecule has 1 unspecified atom stereocenters. The van der Waals surface area contributed by atoms with E-state index in [2.05, 4.69) is 67.5 Å². The van der Waals surface area contributed by atoms with Gasteiger partial charge in [-0.15, -0.1) is 24.0 Å². The minimum atomic E-state index is 0. The second kappa shape index (κ2) is 15.0. The first kappa shape index (κ1) is 27.2. The van der Waals surface area contributed by atoms with Crippen LogP contribution in [0, 0.1) is 18.8 Å². The fourth-order valence-corrected chi connectivity index (χ4v) is 4.17. The molecule has 1 atom stereocenters. The average Bonchev–Trinajstić information content (AvgIpc) is 2.67. The van der Waals surface area contributed by atoms with E-state index in [4.69, 9.17) is 4.99 Å². The Labute approximate surface area is 201 Å². The number of nitrogens with zero attached hydrogens (tertiary/aromatic N) is 2. The van der Waals surface area contributed by atoms with Crippen molar-refractivity contribution in [3.63, 3.8) is 0 Å². The lowest BCUT2D eigenvalue weighted by molar-refractivity contribution is 0.198. The van der Waals surface area contributed by atoms with Crippen molar-refractivity contribution in [2.75, 3.05) is 32.8 Å². The number of hydrogen-bond acceptors (Lipinski definition) is 3. The van der Waals surface area contributed by atoms with Crippen molar-refractivity contribution in [2.24, 2.45) is 16.8 Å². The number of aliphatic imine (C=N–C) groups is 1. The SMILES string of the molecule is CCNC(=NCC(CCO)CC(C)C)NC1CCN(Cc2cccc(C)c2)CC1.I. The Bertz CT molecular complexity index is 615. The summed E-state index contributed by atoms with van der Waals surface area (Å²) in [5.41, 5.74) is 2.74. The molecular weight excluding hydrogens is 487 g/mol. The lowest BCUT2D eigenvalue weighted by Gasteiger charge is -2.33. The number of aliphatic hydroxyl groups excluding tert-OH is 1. The highest BCUT2D eigenvalue weighted by molar-refractivity contribution is 14.0. The van der Waals surface area contributed by atoms with E-state index in [-0.39, 0.29) is 30.6 Å². The molecule has 2 rings (SSSR count). The highest BCUT2D eigenvalue weighted by atomic mass is 127. The molecule has 0 spiro atoms. The van der Waals surface area contributed by atoms with Crippen LogP contribution in [-0.4, -0.2) is 54.8 Å². The largest absolute Gasteiger partial charge is 0.396 e. The van der Waals surface area contributed by atoms with Crippen LogP contribution < -0.4 is 10.6 Å². The Morgan fingerprint density at radius 3 is 2.60 bits per heavy atom. The number of benzene rings is 1. The van der Waals surface area contributed by atoms with E-state index in [0.717, 1.165) is 64.4 Å². The molecule has 6 heteroatoms. The maximum absolute atomic E-state index is 9.34. The van der Waals surface area contributed by atoms with E-state index < -0.39 is 0 Å². The van der Waals surface area contributed by atoms with Gasteiger partial charge in [0.1, 0.15) is 0 Å². The standard InChI is InChI=1S/C24H42N4O.HI/c1-5-25-24(26-17-21(11-14-29)15-19(2)3)27-23-9-12-28(13-10-23)18-22-8-6-7-20(4)16-22;/h6-8,16,19,21,23,29H,5,9-15,17-18H2,1-4H3,(H2,25,26,27);1H. The molecule has 0 radical (unpaired) electrons. The quantitative estimate of drug-likeness (QED) is 0.242. The van der Waals surface area contributed by atoms with E-state index in [0.29, 0.717) is 17.9 Å². The second-order valence-corrected chi connectivity index (χ2v) is 8.91. The number of aryl methyl sites for hydroxylation is 1. The molecule has 1 aromatic rings. The Balaban J connectivity index is 0.00000450. The Morgan fingerprint density at radius 1 is 1.27 bits per heavy atom. The molecule has 30 heavy (non-hydrogen) atoms. The van der Waals surface area contributed by atoms with Crippen LogP contribution in [0.25, 0.3) is 0 Å². The first-order valence-electron chi connectivity index (χ1n) is 11.4. The molecule has 1 aliphatic heterocycles. The van der Waals surface area contributed by atoms with Gasteiger partial charge < -0.3 is 15.7 Å². The minimum Gasteiger partial charge on any atom is -0.396 e. The summed E-state index contributed by atoms with van der Waals surface area (Å²) in [5.74, 6) is 2.01. The first-order valence-corrected chi connectivity index (χ1v) is 11.4. The lowest BCUT2D eigenvalue weighted by Crippen LogP contribution is -2.48. The van der Waals surface area contributed by atoms with Crippen molar-refractivity contribution in [2.45, 2.75) is 66.0 Å². The minimum absolute atomic E-state index is 0. The number of nitrogens with one attached hydrogen (secondary N) is 2. The van der Waals surface area contributed by atoms with E-state index in [1.165, 1.54) is 11.1 Å². The van der Waals surface area contributed by atoms with Gasteiger partial charge in [-0.2, -0.15) is 0 Å². The van der Waals surface area contributed by atoms with Gasteiger partial charge in [0.2, 0.25) is 0 Å². The van der Waals surface area contributed by atoms with E-state index in [9.17, 15) is 5.11 Å². The average molecular weight is 531 g/mol. The van der Waals surface area contributed by atoms with E-state index in [1.54, 1.807) is 0 Å². The number of halogens is 1. The van der Waals surface area contributed by atoms with Crippen LogP contribution in [0.1, 0.15) is 57.6 Å². The molecule has 1 heterocycles. The number of hydrogen-bond donors (Lipinski definition) is 3. The van der Waals surface area contributed by atoms with Gasteiger partial charge in [-0.05, 0) is 56.9 Å². The molecule has 0 saturated carbocycles. The molecule has 0 aliphatic carbocycles. The normalized spacial score (nSPS) is 16.9. The van der Waals surface area contributed by atoms with Crippen LogP contribution >= 0.6 is 24.0 Å². The second-order valence-electron chi connectivity index (χ2n) is 8.91. The van der Waals surface area contributed by atoms with Crippen molar-refractivity contribution in [1.82, 2.24) is 15.5 Å². The van der Waals surface area contributed by atoms with Crippen LogP contribution in [0.4, 0.5) is 0 Å². The molecule has 1 aromatic carbocycles. The smallest absolute Gasteiger partial charge is 0.191 e. The lowest BCUT2D eigenvalue weighted by atomic mass is 9.94. The summed E-state index contributed by atoms with van der Waals surface area (Å²) < 4.78 is 0. The fraction of sp³-hybridized carbons (Fsp3) is 0.708. The topological polar surface area (TPSA) is 59.9 Å². The van der Waals surface area contributed by atoms with Crippen LogP contribution in [0.2, 0.25) is 0 Å². The van der Waals surface area contributed by atoms with Crippen molar-refractivity contribution in [3.05, 3.63) is 35.4 Å². The molecule has 1 aliphatic rings. The predicted molar refractivity (Wildman–Crippen MR) is 139 cm³/mol. The maximum atomic E-state index is 9.34. The zero-order valence-corrected chi connectivity index (χ0v) is 21.7. The summed E-state index contributed by atoms with van der Waals surface area (Å²) in [6, 6.07) is 9.31. The molecule has 1 saturated heterocycles. The summed E-state index contributed by atoms with van der Waals surface area (Å²) in [6.07, 6.45) is 4.23. The number of aliphatic hydroxyl groups is 1. The Hall–Kier alpha value is -0.860. The molecule has 0 bridgehead atoms. The summed E-state index contributed by atoms with van der Waals surface area (Å²) in [6.45, 7) is 13.9. The van der Waals surface area contributed by atoms with Crippen molar-refractivity contribution < 1.29 is 5.11 Å². The molecule has 0 amide bonds. The maximum Gasteiger partial charge on any atom is 0.191 e. The van der Waals surface area contributed by atoms with E-state index >= 15 is 0 Å². The van der Waals surface area contributed by atoms with Crippen molar-refractivity contribution in [1.29, 1.82) is 0 Å². The Morgan fingerprint density at radius 2 is 2.00 bits per heavy atom. The van der Waals surface area contributed by atoms with E-state index in [1.807, 2.05) is 0 Å². The summed E-state index contributed by atoms with van der Waals surface area (Å²) in [7, 11) is 0. The van der Waals surface area contributed by atoms with Crippen LogP contribution in [0.5, 0.6) is 0 Å². The molecule has 172 valence electrons. The van der Waals surface area contributed by atoms with Gasteiger partial charge in [0.05, 0.1) is 0 Å². The van der Waals surface area contributed by atoms with Gasteiger partial charge in [-0.1, -0.05) is 43.7 Å². The number of piperidine rings is 1. The highest BCUT2D eigenvalue weighted by Gasteiger charge is 2.20. The molecular formula is C24H43IN4O. The molecule has 0 aromatic heterocycles. The highest BCUT2D eigenvalue weighted by Crippen LogP contribution is 2.17. The Kier molecular flexibility index (Phi) is 13.6. The number of rotatable bonds is 10. The van der Waals surface area contributed by atoms with Gasteiger partial charge in [-0.25, -0.2) is 0 Å². The van der Waals surface area contributed by atoms with Gasteiger partial charge in [0, 0.05) is 45.4 Å². The van der Waals surface area contributed by atoms with Crippen LogP contribution in [0.3, 0.4) is 0 Å². The molecule has 1 fully saturated rings. The van der Waals surface area contributed by atoms with Crippen molar-refractivity contribution >= 4 is 29.9 Å². The zero-order valence-electron chi connectivity index (χ0n) is 19.4. The van der Waals surface area contributed by atoms with Gasteiger partial charge in [0.25, 0.3) is 0 Å². The predicted octanol–water partition coefficient (Wildman–Crippen LogP) is 4.18. The van der Waals surface area contributed by atoms with Gasteiger partial charge in [-0.3, -0.25) is 9.89 Å². The third-order valence-electron chi connectivity index (χ3n) is 5.61. The summed E-state index contributed by atoms with van der Waals surface area (Å²) in [5, 5.41) is 16.4. The van der Waals surface area contributed by atoms with Gasteiger partial charge in [0.15, 0.2) is 5.96 Å². The van der Waals surface area contributed by atoms with Gasteiger partial charge >= 0.3 is 0 Å². The number of guanidine groups is 1. The third kappa shape index (κ3) is 10.4. The summed E-state index contributed by atoms with van der Waals surface area (Å²) in [4.78, 5) is 7.40. The molecule has 3 N–H and O–H groups in total. The van der Waals surface area contributed by atoms with Crippen LogP contribution in [-0.2, 0) is 6.54 Å². The third-order valence-corrected chi connectivity index (χ3v) is 5.61. The summed E-state index contributed by atoms with van der Waals surface area (Å²) >= 11 is 0. The zero-order chi connectivity index (χ0) is 21.1. The van der Waals surface area contributed by atoms with Crippen molar-refractivity contribution in [3.8, 4) is 0 Å². The monoisotopic (exact) mass is 530 g/mol. The number of likely N-dealkylation sites (tertiary alicyclic amines) is 1.